The van der Waals surface area contributed by atoms with Crippen LogP contribution in [-0.4, -0.2) is 0 Å². The molecule has 5 heteroatoms. The van der Waals surface area contributed by atoms with Crippen LogP contribution in [0.2, 0.25) is 10.0 Å². The van der Waals surface area contributed by atoms with Gasteiger partial charge in [0.25, 0.3) is 0 Å². The van der Waals surface area contributed by atoms with Crippen molar-refractivity contribution in [2.45, 2.75) is 0 Å². The van der Waals surface area contributed by atoms with Crippen LogP contribution in [0.15, 0.2) is 57.7 Å². The standard InChI is InChI=1S/C15H8Cl2O2S/c16-11-5-1-9(2-6-11)13-14(20-15(18)19-13)10-3-7-12(17)8-4-10/h1-8H. The van der Waals surface area contributed by atoms with E-state index in [0.717, 1.165) is 27.3 Å². The number of rotatable bonds is 2. The van der Waals surface area contributed by atoms with E-state index in [9.17, 15) is 4.79 Å². The lowest BCUT2D eigenvalue weighted by Gasteiger charge is -2.02. The molecule has 0 fully saturated rings. The Hall–Kier alpha value is -1.55. The van der Waals surface area contributed by atoms with Crippen molar-refractivity contribution >= 4 is 34.5 Å². The van der Waals surface area contributed by atoms with E-state index in [4.69, 9.17) is 27.6 Å². The van der Waals surface area contributed by atoms with Gasteiger partial charge >= 0.3 is 4.94 Å². The Morgan fingerprint density at radius 2 is 1.30 bits per heavy atom. The van der Waals surface area contributed by atoms with Crippen LogP contribution in [0.3, 0.4) is 0 Å². The molecule has 0 saturated carbocycles. The fourth-order valence-electron chi connectivity index (χ4n) is 1.86. The summed E-state index contributed by atoms with van der Waals surface area (Å²) >= 11 is 12.8. The van der Waals surface area contributed by atoms with Gasteiger partial charge < -0.3 is 4.42 Å². The van der Waals surface area contributed by atoms with Gasteiger partial charge in [-0.15, -0.1) is 0 Å². The molecule has 0 aliphatic rings. The highest BCUT2D eigenvalue weighted by atomic mass is 35.5. The summed E-state index contributed by atoms with van der Waals surface area (Å²) in [6.07, 6.45) is 0. The molecule has 0 unspecified atom stereocenters. The van der Waals surface area contributed by atoms with Crippen LogP contribution in [0.5, 0.6) is 0 Å². The third-order valence-corrected chi connectivity index (χ3v) is 4.17. The smallest absolute Gasteiger partial charge is 0.396 e. The predicted molar refractivity (Wildman–Crippen MR) is 83.7 cm³/mol. The fraction of sp³-hybridized carbons (Fsp3) is 0. The van der Waals surface area contributed by atoms with Crippen molar-refractivity contribution in [2.75, 3.05) is 0 Å². The zero-order chi connectivity index (χ0) is 14.1. The summed E-state index contributed by atoms with van der Waals surface area (Å²) in [5, 5.41) is 1.29. The van der Waals surface area contributed by atoms with Crippen molar-refractivity contribution in [3.63, 3.8) is 0 Å². The predicted octanol–water partition coefficient (Wildman–Crippen LogP) is 5.34. The highest BCUT2D eigenvalue weighted by molar-refractivity contribution is 7.13. The maximum absolute atomic E-state index is 11.6. The lowest BCUT2D eigenvalue weighted by Crippen LogP contribution is -1.82. The summed E-state index contributed by atoms with van der Waals surface area (Å²) in [4.78, 5) is 12.0. The number of hydrogen-bond donors (Lipinski definition) is 0. The van der Waals surface area contributed by atoms with Gasteiger partial charge in [0.1, 0.15) is 0 Å². The Kier molecular flexibility index (Phi) is 3.66. The minimum absolute atomic E-state index is 0.333. The van der Waals surface area contributed by atoms with E-state index in [1.807, 2.05) is 24.3 Å². The van der Waals surface area contributed by atoms with Crippen LogP contribution >= 0.6 is 34.5 Å². The average Bonchev–Trinajstić information content (AvgIpc) is 2.82. The van der Waals surface area contributed by atoms with E-state index in [1.165, 1.54) is 0 Å². The first-order chi connectivity index (χ1) is 9.63. The SMILES string of the molecule is O=c1oc(-c2ccc(Cl)cc2)c(-c2ccc(Cl)cc2)s1. The highest BCUT2D eigenvalue weighted by Gasteiger charge is 2.14. The minimum Gasteiger partial charge on any atom is -0.413 e. The van der Waals surface area contributed by atoms with Crippen LogP contribution in [-0.2, 0) is 0 Å². The molecule has 0 amide bonds. The van der Waals surface area contributed by atoms with Gasteiger partial charge in [0.15, 0.2) is 5.76 Å². The molecule has 0 aliphatic carbocycles. The van der Waals surface area contributed by atoms with Gasteiger partial charge in [-0.05, 0) is 42.0 Å². The molecule has 0 saturated heterocycles. The zero-order valence-corrected chi connectivity index (χ0v) is 12.4. The van der Waals surface area contributed by atoms with Gasteiger partial charge in [0.2, 0.25) is 0 Å². The zero-order valence-electron chi connectivity index (χ0n) is 10.1. The quantitative estimate of drug-likeness (QED) is 0.637. The highest BCUT2D eigenvalue weighted by Crippen LogP contribution is 2.35. The molecule has 100 valence electrons. The largest absolute Gasteiger partial charge is 0.413 e. The Balaban J connectivity index is 2.15. The normalized spacial score (nSPS) is 10.7. The van der Waals surface area contributed by atoms with E-state index in [-0.39, 0.29) is 4.94 Å². The van der Waals surface area contributed by atoms with Crippen molar-refractivity contribution in [1.82, 2.24) is 0 Å². The van der Waals surface area contributed by atoms with Crippen molar-refractivity contribution in [3.8, 4) is 21.8 Å². The van der Waals surface area contributed by atoms with E-state index >= 15 is 0 Å². The van der Waals surface area contributed by atoms with E-state index < -0.39 is 0 Å². The van der Waals surface area contributed by atoms with Gasteiger partial charge in [-0.3, -0.25) is 0 Å². The minimum atomic E-state index is -0.333. The summed E-state index contributed by atoms with van der Waals surface area (Å²) in [5.41, 5.74) is 1.72. The van der Waals surface area contributed by atoms with Crippen molar-refractivity contribution in [2.24, 2.45) is 0 Å². The average molecular weight is 323 g/mol. The van der Waals surface area contributed by atoms with Gasteiger partial charge in [-0.1, -0.05) is 46.7 Å². The van der Waals surface area contributed by atoms with Crippen molar-refractivity contribution < 1.29 is 4.42 Å². The second kappa shape index (κ2) is 5.44. The molecule has 0 spiro atoms. The van der Waals surface area contributed by atoms with Gasteiger partial charge in [-0.25, -0.2) is 4.79 Å². The Bertz CT molecular complexity index is 720. The summed E-state index contributed by atoms with van der Waals surface area (Å²) in [5.74, 6) is 0.555. The van der Waals surface area contributed by atoms with Crippen LogP contribution in [0, 0.1) is 0 Å². The van der Waals surface area contributed by atoms with E-state index in [1.54, 1.807) is 24.3 Å². The second-order valence-electron chi connectivity index (χ2n) is 4.13. The summed E-state index contributed by atoms with van der Waals surface area (Å²) < 4.78 is 5.31. The first kappa shape index (κ1) is 13.4. The molecule has 0 aliphatic heterocycles. The van der Waals surface area contributed by atoms with Gasteiger partial charge in [0.05, 0.1) is 4.88 Å². The van der Waals surface area contributed by atoms with E-state index in [2.05, 4.69) is 0 Å². The molecule has 3 aromatic rings. The molecule has 0 bridgehead atoms. The molecule has 1 aromatic heterocycles. The molecule has 3 rings (SSSR count). The maximum Gasteiger partial charge on any atom is 0.396 e. The summed E-state index contributed by atoms with van der Waals surface area (Å²) in [7, 11) is 0. The van der Waals surface area contributed by atoms with Gasteiger partial charge in [-0.2, -0.15) is 0 Å². The van der Waals surface area contributed by atoms with E-state index in [0.29, 0.717) is 15.8 Å². The lowest BCUT2D eigenvalue weighted by molar-refractivity contribution is 0.553. The lowest BCUT2D eigenvalue weighted by atomic mass is 10.1. The maximum atomic E-state index is 11.6. The topological polar surface area (TPSA) is 30.2 Å². The number of benzene rings is 2. The third-order valence-electron chi connectivity index (χ3n) is 2.79. The molecule has 1 heterocycles. The van der Waals surface area contributed by atoms with Crippen LogP contribution < -0.4 is 4.94 Å². The Morgan fingerprint density at radius 1 is 0.800 bits per heavy atom. The molecular weight excluding hydrogens is 315 g/mol. The molecule has 20 heavy (non-hydrogen) atoms. The van der Waals surface area contributed by atoms with Gasteiger partial charge in [0, 0.05) is 15.6 Å². The molecule has 0 atom stereocenters. The monoisotopic (exact) mass is 322 g/mol. The van der Waals surface area contributed by atoms with Crippen molar-refractivity contribution in [3.05, 3.63) is 68.3 Å². The van der Waals surface area contributed by atoms with Crippen LogP contribution in [0.1, 0.15) is 0 Å². The summed E-state index contributed by atoms with van der Waals surface area (Å²) in [6, 6.07) is 14.5. The third kappa shape index (κ3) is 2.66. The molecule has 2 aromatic carbocycles. The number of hydrogen-bond acceptors (Lipinski definition) is 3. The number of halogens is 2. The fourth-order valence-corrected chi connectivity index (χ4v) is 2.91. The first-order valence-electron chi connectivity index (χ1n) is 5.79. The van der Waals surface area contributed by atoms with Crippen LogP contribution in [0.25, 0.3) is 21.8 Å². The second-order valence-corrected chi connectivity index (χ2v) is 5.94. The molecule has 0 radical (unpaired) electrons. The van der Waals surface area contributed by atoms with Crippen LogP contribution in [0.4, 0.5) is 0 Å². The Morgan fingerprint density at radius 3 is 1.85 bits per heavy atom. The molecule has 2 nitrogen and oxygen atoms in total. The Labute approximate surface area is 129 Å². The van der Waals surface area contributed by atoms with Crippen molar-refractivity contribution in [1.29, 1.82) is 0 Å². The molecule has 0 N–H and O–H groups in total. The summed E-state index contributed by atoms with van der Waals surface area (Å²) in [6.45, 7) is 0. The molecular formula is C15H8Cl2O2S. The first-order valence-corrected chi connectivity index (χ1v) is 7.36.